The van der Waals surface area contributed by atoms with Gasteiger partial charge >= 0.3 is 0 Å². The standard InChI is InChI=1S/C22H26N6O/c1-6-27-19-10-8-7-9-17(19)25-22(27)26-21(29)15-11-18(13(2)3)24-20-16(15)12-23-28(20)14(4)5/h7-14H,6H2,1-5H3,(H,25,26,29). The van der Waals surface area contributed by atoms with Crippen LogP contribution in [-0.4, -0.2) is 30.2 Å². The molecule has 1 amide bonds. The van der Waals surface area contributed by atoms with Crippen molar-refractivity contribution >= 4 is 33.9 Å². The molecule has 0 aliphatic rings. The number of fused-ring (bicyclic) bond motifs is 2. The molecule has 1 aromatic carbocycles. The van der Waals surface area contributed by atoms with Crippen LogP contribution in [0.15, 0.2) is 36.5 Å². The minimum Gasteiger partial charge on any atom is -0.310 e. The lowest BCUT2D eigenvalue weighted by molar-refractivity contribution is 0.102. The van der Waals surface area contributed by atoms with E-state index in [0.717, 1.165) is 27.8 Å². The van der Waals surface area contributed by atoms with Gasteiger partial charge in [-0.2, -0.15) is 5.10 Å². The van der Waals surface area contributed by atoms with E-state index in [-0.39, 0.29) is 17.9 Å². The quantitative estimate of drug-likeness (QED) is 0.533. The van der Waals surface area contributed by atoms with Gasteiger partial charge in [-0.3, -0.25) is 10.1 Å². The predicted molar refractivity (Wildman–Crippen MR) is 115 cm³/mol. The van der Waals surface area contributed by atoms with Gasteiger partial charge in [-0.05, 0) is 44.9 Å². The number of aryl methyl sites for hydroxylation is 1. The second kappa shape index (κ2) is 7.31. The second-order valence-corrected chi connectivity index (χ2v) is 7.79. The first-order chi connectivity index (χ1) is 13.9. The molecule has 0 spiro atoms. The van der Waals surface area contributed by atoms with Crippen LogP contribution in [0.2, 0.25) is 0 Å². The molecule has 0 atom stereocenters. The molecule has 3 aromatic heterocycles. The first-order valence-corrected chi connectivity index (χ1v) is 10.1. The van der Waals surface area contributed by atoms with E-state index in [2.05, 4.69) is 43.1 Å². The van der Waals surface area contributed by atoms with E-state index >= 15 is 0 Å². The molecule has 0 saturated carbocycles. The Morgan fingerprint density at radius 2 is 1.90 bits per heavy atom. The van der Waals surface area contributed by atoms with E-state index in [9.17, 15) is 4.79 Å². The number of amides is 1. The zero-order chi connectivity index (χ0) is 20.7. The maximum absolute atomic E-state index is 13.3. The monoisotopic (exact) mass is 390 g/mol. The Balaban J connectivity index is 1.81. The highest BCUT2D eigenvalue weighted by molar-refractivity contribution is 6.11. The number of nitrogens with zero attached hydrogens (tertiary/aromatic N) is 5. The van der Waals surface area contributed by atoms with Gasteiger partial charge in [0.1, 0.15) is 0 Å². The Morgan fingerprint density at radius 1 is 1.14 bits per heavy atom. The summed E-state index contributed by atoms with van der Waals surface area (Å²) in [5.74, 6) is 0.542. The maximum Gasteiger partial charge on any atom is 0.258 e. The van der Waals surface area contributed by atoms with Crippen molar-refractivity contribution in [2.24, 2.45) is 0 Å². The number of pyridine rings is 1. The smallest absolute Gasteiger partial charge is 0.258 e. The van der Waals surface area contributed by atoms with Crippen LogP contribution in [0.3, 0.4) is 0 Å². The van der Waals surface area contributed by atoms with Gasteiger partial charge in [0.2, 0.25) is 5.95 Å². The number of carbonyl (C=O) groups excluding carboxylic acids is 1. The summed E-state index contributed by atoms with van der Waals surface area (Å²) in [6.45, 7) is 11.0. The van der Waals surface area contributed by atoms with Crippen molar-refractivity contribution in [3.05, 3.63) is 47.8 Å². The topological polar surface area (TPSA) is 77.6 Å². The second-order valence-electron chi connectivity index (χ2n) is 7.79. The molecule has 150 valence electrons. The fourth-order valence-electron chi connectivity index (χ4n) is 3.56. The Hall–Kier alpha value is -3.22. The molecule has 0 bridgehead atoms. The van der Waals surface area contributed by atoms with Crippen molar-refractivity contribution < 1.29 is 4.79 Å². The molecule has 7 nitrogen and oxygen atoms in total. The average molecular weight is 390 g/mol. The minimum atomic E-state index is -0.201. The molecular formula is C22H26N6O. The van der Waals surface area contributed by atoms with E-state index < -0.39 is 0 Å². The summed E-state index contributed by atoms with van der Waals surface area (Å²) in [7, 11) is 0. The number of carbonyl (C=O) groups is 1. The Morgan fingerprint density at radius 3 is 2.59 bits per heavy atom. The molecule has 0 aliphatic carbocycles. The first kappa shape index (κ1) is 19.1. The molecule has 0 aliphatic heterocycles. The lowest BCUT2D eigenvalue weighted by Crippen LogP contribution is -2.17. The molecule has 29 heavy (non-hydrogen) atoms. The van der Waals surface area contributed by atoms with Crippen LogP contribution in [0, 0.1) is 0 Å². The van der Waals surface area contributed by atoms with Crippen LogP contribution < -0.4 is 5.32 Å². The van der Waals surface area contributed by atoms with Crippen molar-refractivity contribution in [1.29, 1.82) is 0 Å². The van der Waals surface area contributed by atoms with Crippen molar-refractivity contribution in [3.8, 4) is 0 Å². The van der Waals surface area contributed by atoms with Crippen molar-refractivity contribution in [2.45, 2.75) is 53.1 Å². The van der Waals surface area contributed by atoms with E-state index in [4.69, 9.17) is 4.98 Å². The van der Waals surface area contributed by atoms with Gasteiger partial charge < -0.3 is 4.57 Å². The van der Waals surface area contributed by atoms with Crippen LogP contribution in [0.5, 0.6) is 0 Å². The third kappa shape index (κ3) is 3.26. The van der Waals surface area contributed by atoms with Gasteiger partial charge in [0.15, 0.2) is 5.65 Å². The highest BCUT2D eigenvalue weighted by atomic mass is 16.1. The van der Waals surface area contributed by atoms with Crippen molar-refractivity contribution in [2.75, 3.05) is 5.32 Å². The fraction of sp³-hybridized carbons (Fsp3) is 0.364. The zero-order valence-corrected chi connectivity index (χ0v) is 17.5. The van der Waals surface area contributed by atoms with Gasteiger partial charge in [-0.25, -0.2) is 14.6 Å². The third-order valence-electron chi connectivity index (χ3n) is 5.11. The van der Waals surface area contributed by atoms with Crippen molar-refractivity contribution in [1.82, 2.24) is 24.3 Å². The summed E-state index contributed by atoms with van der Waals surface area (Å²) in [5, 5.41) is 8.23. The number of hydrogen-bond acceptors (Lipinski definition) is 4. The fourth-order valence-corrected chi connectivity index (χ4v) is 3.56. The zero-order valence-electron chi connectivity index (χ0n) is 17.5. The molecule has 4 rings (SSSR count). The number of rotatable bonds is 5. The van der Waals surface area contributed by atoms with Crippen molar-refractivity contribution in [3.63, 3.8) is 0 Å². The summed E-state index contributed by atoms with van der Waals surface area (Å²) in [6.07, 6.45) is 1.73. The summed E-state index contributed by atoms with van der Waals surface area (Å²) < 4.78 is 3.87. The van der Waals surface area contributed by atoms with Gasteiger partial charge in [0.05, 0.1) is 28.2 Å². The highest BCUT2D eigenvalue weighted by Gasteiger charge is 2.20. The van der Waals surface area contributed by atoms with Crippen LogP contribution in [0.25, 0.3) is 22.1 Å². The molecule has 0 radical (unpaired) electrons. The van der Waals surface area contributed by atoms with Crippen LogP contribution in [-0.2, 0) is 6.54 Å². The number of aromatic nitrogens is 5. The summed E-state index contributed by atoms with van der Waals surface area (Å²) in [4.78, 5) is 22.7. The number of para-hydroxylation sites is 2. The largest absolute Gasteiger partial charge is 0.310 e. The maximum atomic E-state index is 13.3. The Kier molecular flexibility index (Phi) is 4.82. The first-order valence-electron chi connectivity index (χ1n) is 10.1. The van der Waals surface area contributed by atoms with Gasteiger partial charge in [0, 0.05) is 18.3 Å². The molecule has 7 heteroatoms. The van der Waals surface area contributed by atoms with Crippen LogP contribution >= 0.6 is 0 Å². The Bertz CT molecular complexity index is 1200. The number of nitrogens with one attached hydrogen (secondary N) is 1. The number of hydrogen-bond donors (Lipinski definition) is 1. The third-order valence-corrected chi connectivity index (χ3v) is 5.11. The van der Waals surface area contributed by atoms with E-state index in [1.165, 1.54) is 0 Å². The summed E-state index contributed by atoms with van der Waals surface area (Å²) in [6, 6.07) is 9.91. The van der Waals surface area contributed by atoms with Crippen LogP contribution in [0.1, 0.15) is 62.6 Å². The molecule has 0 saturated heterocycles. The molecule has 0 fully saturated rings. The molecular weight excluding hydrogens is 364 g/mol. The van der Waals surface area contributed by atoms with Gasteiger partial charge in [-0.15, -0.1) is 0 Å². The van der Waals surface area contributed by atoms with E-state index in [1.807, 2.05) is 46.5 Å². The number of imidazole rings is 1. The SMILES string of the molecule is CCn1c(NC(=O)c2cc(C(C)C)nc3c2cnn3C(C)C)nc2ccccc21. The van der Waals surface area contributed by atoms with Gasteiger partial charge in [0.25, 0.3) is 5.91 Å². The van der Waals surface area contributed by atoms with Crippen LogP contribution in [0.4, 0.5) is 5.95 Å². The molecule has 0 unspecified atom stereocenters. The normalized spacial score (nSPS) is 11.8. The number of benzene rings is 1. The highest BCUT2D eigenvalue weighted by Crippen LogP contribution is 2.26. The van der Waals surface area contributed by atoms with Gasteiger partial charge in [-0.1, -0.05) is 26.0 Å². The predicted octanol–water partition coefficient (Wildman–Crippen LogP) is 4.76. The molecule has 4 aromatic rings. The molecule has 3 heterocycles. The number of anilines is 1. The summed E-state index contributed by atoms with van der Waals surface area (Å²) in [5.41, 5.74) is 4.04. The Labute approximate surface area is 169 Å². The molecule has 1 N–H and O–H groups in total. The summed E-state index contributed by atoms with van der Waals surface area (Å²) >= 11 is 0. The average Bonchev–Trinajstić information content (AvgIpc) is 3.27. The van der Waals surface area contributed by atoms with E-state index in [0.29, 0.717) is 18.1 Å². The van der Waals surface area contributed by atoms with E-state index in [1.54, 1.807) is 6.20 Å². The lowest BCUT2D eigenvalue weighted by Gasteiger charge is -2.12. The lowest BCUT2D eigenvalue weighted by atomic mass is 10.0. The minimum absolute atomic E-state index is 0.155.